The van der Waals surface area contributed by atoms with Crippen LogP contribution in [0.15, 0.2) is 45.6 Å². The first-order valence-corrected chi connectivity index (χ1v) is 6.77. The Hall–Kier alpha value is -2.50. The summed E-state index contributed by atoms with van der Waals surface area (Å²) in [7, 11) is 0. The molecule has 0 bridgehead atoms. The fraction of sp³-hybridized carbons (Fsp3) is 0.333. The minimum atomic E-state index is -0.837. The standard InChI is InChI=1S/C15H16N2O4/c1-15(14(19)16-10-11-4-2-8-20-11)6-7-17(15)13(18)12-5-3-9-21-12/h2-5,8-9H,6-7,10H2,1H3,(H,16,19). The summed E-state index contributed by atoms with van der Waals surface area (Å²) in [5.74, 6) is 0.474. The van der Waals surface area contributed by atoms with Crippen molar-refractivity contribution in [3.8, 4) is 0 Å². The summed E-state index contributed by atoms with van der Waals surface area (Å²) in [6.45, 7) is 2.61. The Morgan fingerprint density at radius 1 is 1.29 bits per heavy atom. The van der Waals surface area contributed by atoms with Crippen LogP contribution in [-0.4, -0.2) is 28.8 Å². The molecule has 3 heterocycles. The molecule has 1 aliphatic rings. The fourth-order valence-corrected chi connectivity index (χ4v) is 2.43. The second-order valence-corrected chi connectivity index (χ2v) is 5.22. The molecular formula is C15H16N2O4. The Morgan fingerprint density at radius 2 is 2.05 bits per heavy atom. The van der Waals surface area contributed by atoms with Crippen molar-refractivity contribution < 1.29 is 18.4 Å². The number of nitrogens with zero attached hydrogens (tertiary/aromatic N) is 1. The summed E-state index contributed by atoms with van der Waals surface area (Å²) in [5.41, 5.74) is -0.837. The molecule has 1 N–H and O–H groups in total. The smallest absolute Gasteiger partial charge is 0.290 e. The van der Waals surface area contributed by atoms with Gasteiger partial charge in [0.1, 0.15) is 11.3 Å². The second kappa shape index (κ2) is 5.12. The topological polar surface area (TPSA) is 75.7 Å². The maximum absolute atomic E-state index is 12.3. The van der Waals surface area contributed by atoms with E-state index < -0.39 is 5.54 Å². The molecule has 0 radical (unpaired) electrons. The normalized spacial score (nSPS) is 20.9. The maximum atomic E-state index is 12.3. The van der Waals surface area contributed by atoms with Gasteiger partial charge in [0.25, 0.3) is 5.91 Å². The van der Waals surface area contributed by atoms with Crippen LogP contribution in [-0.2, 0) is 11.3 Å². The molecule has 1 aliphatic heterocycles. The molecule has 6 heteroatoms. The summed E-state index contributed by atoms with van der Waals surface area (Å²) in [4.78, 5) is 26.2. The number of carbonyl (C=O) groups is 2. The molecule has 21 heavy (non-hydrogen) atoms. The van der Waals surface area contributed by atoms with E-state index in [1.54, 1.807) is 37.5 Å². The Balaban J connectivity index is 1.66. The summed E-state index contributed by atoms with van der Waals surface area (Å²) in [5, 5.41) is 2.80. The van der Waals surface area contributed by atoms with Gasteiger partial charge in [-0.05, 0) is 37.6 Å². The van der Waals surface area contributed by atoms with Crippen LogP contribution < -0.4 is 5.32 Å². The summed E-state index contributed by atoms with van der Waals surface area (Å²) in [6, 6.07) is 6.80. The summed E-state index contributed by atoms with van der Waals surface area (Å²) in [6.07, 6.45) is 3.63. The minimum absolute atomic E-state index is 0.190. The molecule has 0 aliphatic carbocycles. The summed E-state index contributed by atoms with van der Waals surface area (Å²) < 4.78 is 10.3. The van der Waals surface area contributed by atoms with E-state index in [1.807, 2.05) is 0 Å². The molecule has 2 amide bonds. The van der Waals surface area contributed by atoms with Crippen molar-refractivity contribution in [3.63, 3.8) is 0 Å². The molecule has 0 saturated carbocycles. The third-order valence-corrected chi connectivity index (χ3v) is 3.89. The van der Waals surface area contributed by atoms with E-state index in [1.165, 1.54) is 11.2 Å². The van der Waals surface area contributed by atoms with Crippen LogP contribution in [0.4, 0.5) is 0 Å². The molecule has 2 aromatic rings. The van der Waals surface area contributed by atoms with Crippen molar-refractivity contribution in [1.29, 1.82) is 0 Å². The number of hydrogen-bond acceptors (Lipinski definition) is 4. The van der Waals surface area contributed by atoms with Crippen molar-refractivity contribution >= 4 is 11.8 Å². The maximum Gasteiger partial charge on any atom is 0.290 e. The number of hydrogen-bond donors (Lipinski definition) is 1. The lowest BCUT2D eigenvalue weighted by Crippen LogP contribution is -2.67. The molecule has 110 valence electrons. The highest BCUT2D eigenvalue weighted by atomic mass is 16.3. The van der Waals surface area contributed by atoms with Crippen LogP contribution in [0.1, 0.15) is 29.7 Å². The van der Waals surface area contributed by atoms with Gasteiger partial charge in [-0.1, -0.05) is 0 Å². The molecule has 0 spiro atoms. The summed E-state index contributed by atoms with van der Waals surface area (Å²) >= 11 is 0. The van der Waals surface area contributed by atoms with Gasteiger partial charge in [0.15, 0.2) is 5.76 Å². The van der Waals surface area contributed by atoms with E-state index in [2.05, 4.69) is 5.32 Å². The highest BCUT2D eigenvalue weighted by Crippen LogP contribution is 2.32. The van der Waals surface area contributed by atoms with Crippen molar-refractivity contribution in [2.75, 3.05) is 6.54 Å². The van der Waals surface area contributed by atoms with Crippen LogP contribution in [0.5, 0.6) is 0 Å². The number of likely N-dealkylation sites (tertiary alicyclic amines) is 1. The van der Waals surface area contributed by atoms with Crippen molar-refractivity contribution in [2.24, 2.45) is 0 Å². The molecule has 1 saturated heterocycles. The van der Waals surface area contributed by atoms with Crippen molar-refractivity contribution in [2.45, 2.75) is 25.4 Å². The molecule has 1 fully saturated rings. The fourth-order valence-electron chi connectivity index (χ4n) is 2.43. The van der Waals surface area contributed by atoms with E-state index in [-0.39, 0.29) is 17.6 Å². The molecule has 6 nitrogen and oxygen atoms in total. The molecular weight excluding hydrogens is 272 g/mol. The number of carbonyl (C=O) groups excluding carboxylic acids is 2. The lowest BCUT2D eigenvalue weighted by Gasteiger charge is -2.48. The molecule has 1 atom stereocenters. The minimum Gasteiger partial charge on any atom is -0.467 e. The lowest BCUT2D eigenvalue weighted by molar-refractivity contribution is -0.138. The van der Waals surface area contributed by atoms with Gasteiger partial charge in [-0.2, -0.15) is 0 Å². The third kappa shape index (κ3) is 2.33. The third-order valence-electron chi connectivity index (χ3n) is 3.89. The van der Waals surface area contributed by atoms with E-state index in [0.717, 1.165) is 0 Å². The molecule has 1 unspecified atom stereocenters. The van der Waals surface area contributed by atoms with Crippen LogP contribution in [0.2, 0.25) is 0 Å². The number of furan rings is 2. The highest BCUT2D eigenvalue weighted by molar-refractivity contribution is 5.98. The van der Waals surface area contributed by atoms with Crippen LogP contribution in [0.3, 0.4) is 0 Å². The zero-order valence-electron chi connectivity index (χ0n) is 11.7. The quantitative estimate of drug-likeness (QED) is 0.930. The van der Waals surface area contributed by atoms with Gasteiger partial charge in [0.2, 0.25) is 5.91 Å². The molecule has 2 aromatic heterocycles. The molecule has 3 rings (SSSR count). The Bertz CT molecular complexity index is 633. The van der Waals surface area contributed by atoms with Crippen LogP contribution in [0.25, 0.3) is 0 Å². The van der Waals surface area contributed by atoms with E-state index in [4.69, 9.17) is 8.83 Å². The monoisotopic (exact) mass is 288 g/mol. The van der Waals surface area contributed by atoms with Gasteiger partial charge < -0.3 is 19.1 Å². The first-order chi connectivity index (χ1) is 10.1. The zero-order valence-corrected chi connectivity index (χ0v) is 11.7. The molecule has 0 aromatic carbocycles. The van der Waals surface area contributed by atoms with E-state index in [9.17, 15) is 9.59 Å². The van der Waals surface area contributed by atoms with Gasteiger partial charge >= 0.3 is 0 Å². The first-order valence-electron chi connectivity index (χ1n) is 6.77. The van der Waals surface area contributed by atoms with Gasteiger partial charge in [-0.3, -0.25) is 9.59 Å². The SMILES string of the molecule is CC1(C(=O)NCc2ccco2)CCN1C(=O)c1ccco1. The highest BCUT2D eigenvalue weighted by Gasteiger charge is 2.50. The Labute approximate surface area is 121 Å². The van der Waals surface area contributed by atoms with Gasteiger partial charge in [-0.15, -0.1) is 0 Å². The van der Waals surface area contributed by atoms with E-state index in [0.29, 0.717) is 25.3 Å². The number of rotatable bonds is 4. The lowest BCUT2D eigenvalue weighted by atomic mass is 9.85. The predicted molar refractivity (Wildman–Crippen MR) is 73.3 cm³/mol. The van der Waals surface area contributed by atoms with Gasteiger partial charge in [-0.25, -0.2) is 0 Å². The number of nitrogens with one attached hydrogen (secondary N) is 1. The average molecular weight is 288 g/mol. The first kappa shape index (κ1) is 13.5. The zero-order chi connectivity index (χ0) is 14.9. The number of amides is 2. The van der Waals surface area contributed by atoms with Gasteiger partial charge in [0.05, 0.1) is 19.1 Å². The Kier molecular flexibility index (Phi) is 3.29. The van der Waals surface area contributed by atoms with Crippen LogP contribution >= 0.6 is 0 Å². The second-order valence-electron chi connectivity index (χ2n) is 5.22. The van der Waals surface area contributed by atoms with Gasteiger partial charge in [0, 0.05) is 6.54 Å². The van der Waals surface area contributed by atoms with E-state index >= 15 is 0 Å². The van der Waals surface area contributed by atoms with Crippen molar-refractivity contribution in [3.05, 3.63) is 48.3 Å². The van der Waals surface area contributed by atoms with Crippen molar-refractivity contribution in [1.82, 2.24) is 10.2 Å². The average Bonchev–Trinajstić information content (AvgIpc) is 3.15. The Morgan fingerprint density at radius 3 is 2.62 bits per heavy atom. The van der Waals surface area contributed by atoms with Crippen LogP contribution in [0, 0.1) is 0 Å². The predicted octanol–water partition coefficient (Wildman–Crippen LogP) is 1.79. The largest absolute Gasteiger partial charge is 0.467 e.